The first-order chi connectivity index (χ1) is 9.97. The van der Waals surface area contributed by atoms with Crippen LogP contribution >= 0.6 is 11.3 Å². The molecule has 0 aliphatic carbocycles. The topological polar surface area (TPSA) is 75.4 Å². The lowest BCUT2D eigenvalue weighted by Crippen LogP contribution is -2.40. The SMILES string of the molecule is CN1CCC(NC(=O)c2sc3ccc(F)cc3c2N)C1=O. The predicted molar refractivity (Wildman–Crippen MR) is 79.7 cm³/mol. The van der Waals surface area contributed by atoms with Crippen LogP contribution in [0.15, 0.2) is 18.2 Å². The highest BCUT2D eigenvalue weighted by atomic mass is 32.1. The van der Waals surface area contributed by atoms with Crippen molar-refractivity contribution in [2.45, 2.75) is 12.5 Å². The van der Waals surface area contributed by atoms with Gasteiger partial charge in [-0.1, -0.05) is 0 Å². The molecule has 0 bridgehead atoms. The highest BCUT2D eigenvalue weighted by Gasteiger charge is 2.31. The lowest BCUT2D eigenvalue weighted by molar-refractivity contribution is -0.128. The number of halogens is 1. The van der Waals surface area contributed by atoms with Crippen molar-refractivity contribution in [3.63, 3.8) is 0 Å². The molecule has 110 valence electrons. The Bertz CT molecular complexity index is 743. The van der Waals surface area contributed by atoms with Crippen LogP contribution in [0.1, 0.15) is 16.1 Å². The molecule has 1 fully saturated rings. The largest absolute Gasteiger partial charge is 0.397 e. The van der Waals surface area contributed by atoms with Crippen LogP contribution in [0.5, 0.6) is 0 Å². The summed E-state index contributed by atoms with van der Waals surface area (Å²) in [6.07, 6.45) is 0.584. The van der Waals surface area contributed by atoms with E-state index in [4.69, 9.17) is 5.73 Å². The molecule has 3 N–H and O–H groups in total. The average molecular weight is 307 g/mol. The van der Waals surface area contributed by atoms with Crippen LogP contribution < -0.4 is 11.1 Å². The molecule has 0 spiro atoms. The summed E-state index contributed by atoms with van der Waals surface area (Å²) in [7, 11) is 1.70. The van der Waals surface area contributed by atoms with Gasteiger partial charge in [-0.25, -0.2) is 4.39 Å². The second-order valence-electron chi connectivity index (χ2n) is 5.06. The van der Waals surface area contributed by atoms with Gasteiger partial charge in [-0.3, -0.25) is 9.59 Å². The number of amides is 2. The summed E-state index contributed by atoms with van der Waals surface area (Å²) < 4.78 is 14.0. The summed E-state index contributed by atoms with van der Waals surface area (Å²) in [5.41, 5.74) is 6.19. The van der Waals surface area contributed by atoms with Crippen molar-refractivity contribution in [3.8, 4) is 0 Å². The lowest BCUT2D eigenvalue weighted by atomic mass is 10.2. The highest BCUT2D eigenvalue weighted by Crippen LogP contribution is 2.34. The molecule has 1 aliphatic heterocycles. The number of benzene rings is 1. The van der Waals surface area contributed by atoms with Crippen LogP contribution in [0.4, 0.5) is 10.1 Å². The first kappa shape index (κ1) is 13.8. The number of rotatable bonds is 2. The van der Waals surface area contributed by atoms with E-state index in [0.29, 0.717) is 23.2 Å². The third-order valence-electron chi connectivity index (χ3n) is 3.63. The number of thiophene rings is 1. The number of likely N-dealkylation sites (N-methyl/N-ethyl adjacent to an activating group) is 1. The van der Waals surface area contributed by atoms with Crippen LogP contribution in [0.25, 0.3) is 10.1 Å². The van der Waals surface area contributed by atoms with Crippen LogP contribution in [-0.4, -0.2) is 36.3 Å². The van der Waals surface area contributed by atoms with E-state index in [1.54, 1.807) is 18.0 Å². The molecule has 1 aromatic carbocycles. The van der Waals surface area contributed by atoms with Crippen molar-refractivity contribution < 1.29 is 14.0 Å². The summed E-state index contributed by atoms with van der Waals surface area (Å²) in [5, 5.41) is 3.23. The fourth-order valence-electron chi connectivity index (χ4n) is 2.44. The van der Waals surface area contributed by atoms with Crippen molar-refractivity contribution in [2.75, 3.05) is 19.3 Å². The maximum absolute atomic E-state index is 13.2. The highest BCUT2D eigenvalue weighted by molar-refractivity contribution is 7.21. The summed E-state index contributed by atoms with van der Waals surface area (Å²) in [5.74, 6) is -0.886. The fourth-order valence-corrected chi connectivity index (χ4v) is 3.44. The molecule has 1 saturated heterocycles. The second kappa shape index (κ2) is 5.00. The van der Waals surface area contributed by atoms with Crippen LogP contribution in [0.2, 0.25) is 0 Å². The number of nitrogen functional groups attached to an aromatic ring is 1. The van der Waals surface area contributed by atoms with Gasteiger partial charge in [-0.05, 0) is 24.6 Å². The Morgan fingerprint density at radius 1 is 1.52 bits per heavy atom. The maximum atomic E-state index is 13.2. The fraction of sp³-hybridized carbons (Fsp3) is 0.286. The van der Waals surface area contributed by atoms with Gasteiger partial charge in [-0.2, -0.15) is 0 Å². The van der Waals surface area contributed by atoms with Crippen molar-refractivity contribution in [2.24, 2.45) is 0 Å². The van der Waals surface area contributed by atoms with Gasteiger partial charge in [0.15, 0.2) is 0 Å². The minimum absolute atomic E-state index is 0.103. The van der Waals surface area contributed by atoms with Crippen LogP contribution in [0, 0.1) is 5.82 Å². The lowest BCUT2D eigenvalue weighted by Gasteiger charge is -2.11. The molecule has 0 radical (unpaired) electrons. The van der Waals surface area contributed by atoms with Gasteiger partial charge in [0.25, 0.3) is 5.91 Å². The summed E-state index contributed by atoms with van der Waals surface area (Å²) in [6.45, 7) is 0.622. The monoisotopic (exact) mass is 307 g/mol. The summed E-state index contributed by atoms with van der Waals surface area (Å²) >= 11 is 1.20. The number of fused-ring (bicyclic) bond motifs is 1. The van der Waals surface area contributed by atoms with E-state index in [9.17, 15) is 14.0 Å². The first-order valence-electron chi connectivity index (χ1n) is 6.50. The quantitative estimate of drug-likeness (QED) is 0.884. The zero-order valence-electron chi connectivity index (χ0n) is 11.4. The second-order valence-corrected chi connectivity index (χ2v) is 6.11. The van der Waals surface area contributed by atoms with Crippen molar-refractivity contribution in [1.29, 1.82) is 0 Å². The number of nitrogens with two attached hydrogens (primary N) is 1. The normalized spacial score (nSPS) is 18.5. The molecule has 2 heterocycles. The van der Waals surface area contributed by atoms with E-state index in [0.717, 1.165) is 4.70 Å². The smallest absolute Gasteiger partial charge is 0.264 e. The molecule has 2 aromatic rings. The van der Waals surface area contributed by atoms with Gasteiger partial charge in [0.1, 0.15) is 16.7 Å². The third kappa shape index (κ3) is 2.33. The Hall–Kier alpha value is -2.15. The third-order valence-corrected chi connectivity index (χ3v) is 4.81. The number of carbonyl (C=O) groups is 2. The molecular formula is C14H14FN3O2S. The number of nitrogens with one attached hydrogen (secondary N) is 1. The predicted octanol–water partition coefficient (Wildman–Crippen LogP) is 1.58. The Balaban J connectivity index is 1.88. The van der Waals surface area contributed by atoms with Gasteiger partial charge in [0.2, 0.25) is 5.91 Å². The minimum Gasteiger partial charge on any atom is -0.397 e. The molecule has 5 nitrogen and oxygen atoms in total. The van der Waals surface area contributed by atoms with E-state index < -0.39 is 11.9 Å². The van der Waals surface area contributed by atoms with E-state index in [1.165, 1.54) is 23.5 Å². The summed E-state index contributed by atoms with van der Waals surface area (Å²) in [4.78, 5) is 26.0. The van der Waals surface area contributed by atoms with Crippen molar-refractivity contribution in [1.82, 2.24) is 10.2 Å². The molecule has 7 heteroatoms. The first-order valence-corrected chi connectivity index (χ1v) is 7.32. The van der Waals surface area contributed by atoms with E-state index in [1.807, 2.05) is 0 Å². The van der Waals surface area contributed by atoms with Gasteiger partial charge in [-0.15, -0.1) is 11.3 Å². The molecule has 1 aliphatic rings. The molecule has 1 unspecified atom stereocenters. The van der Waals surface area contributed by atoms with Gasteiger partial charge in [0.05, 0.1) is 5.69 Å². The van der Waals surface area contributed by atoms with E-state index >= 15 is 0 Å². The van der Waals surface area contributed by atoms with Crippen LogP contribution in [0.3, 0.4) is 0 Å². The van der Waals surface area contributed by atoms with E-state index in [2.05, 4.69) is 5.32 Å². The zero-order valence-corrected chi connectivity index (χ0v) is 12.2. The van der Waals surface area contributed by atoms with E-state index in [-0.39, 0.29) is 17.5 Å². The van der Waals surface area contributed by atoms with Crippen molar-refractivity contribution >= 4 is 38.9 Å². The van der Waals surface area contributed by atoms with Gasteiger partial charge < -0.3 is 16.0 Å². The number of hydrogen-bond acceptors (Lipinski definition) is 4. The zero-order chi connectivity index (χ0) is 15.1. The number of hydrogen-bond donors (Lipinski definition) is 2. The molecule has 0 saturated carbocycles. The minimum atomic E-state index is -0.510. The Kier molecular flexibility index (Phi) is 3.29. The van der Waals surface area contributed by atoms with Gasteiger partial charge in [0, 0.05) is 23.7 Å². The number of anilines is 1. The Morgan fingerprint density at radius 3 is 2.95 bits per heavy atom. The molecule has 1 aromatic heterocycles. The molecule has 1 atom stereocenters. The molecule has 3 rings (SSSR count). The van der Waals surface area contributed by atoms with Crippen molar-refractivity contribution in [3.05, 3.63) is 28.9 Å². The Labute approximate surface area is 124 Å². The van der Waals surface area contributed by atoms with Crippen LogP contribution in [-0.2, 0) is 4.79 Å². The van der Waals surface area contributed by atoms with Gasteiger partial charge >= 0.3 is 0 Å². The molecular weight excluding hydrogens is 293 g/mol. The molecule has 2 amide bonds. The number of nitrogens with zero attached hydrogens (tertiary/aromatic N) is 1. The maximum Gasteiger partial charge on any atom is 0.264 e. The molecule has 21 heavy (non-hydrogen) atoms. The average Bonchev–Trinajstić information content (AvgIpc) is 2.94. The Morgan fingerprint density at radius 2 is 2.29 bits per heavy atom. The number of likely N-dealkylation sites (tertiary alicyclic amines) is 1. The standard InChI is InChI=1S/C14H14FN3O2S/c1-18-5-4-9(14(18)20)17-13(19)12-11(16)8-6-7(15)2-3-10(8)21-12/h2-3,6,9H,4-5,16H2,1H3,(H,17,19). The number of carbonyl (C=O) groups excluding carboxylic acids is 2. The summed E-state index contributed by atoms with van der Waals surface area (Å²) in [6, 6.07) is 3.72.